The topological polar surface area (TPSA) is 65.1 Å². The highest BCUT2D eigenvalue weighted by molar-refractivity contribution is 6.74. The molecule has 0 aromatic heterocycles. The molecule has 6 nitrogen and oxygen atoms in total. The molecule has 0 saturated heterocycles. The number of carbonyl (C=O) groups is 2. The first-order valence-electron chi connectivity index (χ1n) is 10.5. The standard InChI is InChI=1S/C24H30FNO5Si/c1-24(2,3)32(5,6)31-21-18-14-17(25)12-13-19(18)26(20(21)22(27)29-4)23(28)30-15-16-10-8-7-9-11-16/h7-14,20-21H,15H2,1-6H3/t20-,21+/m1/s1. The van der Waals surface area contributed by atoms with Crippen molar-refractivity contribution in [1.29, 1.82) is 0 Å². The largest absolute Gasteiger partial charge is 0.467 e. The second-order valence-corrected chi connectivity index (χ2v) is 14.1. The zero-order valence-corrected chi connectivity index (χ0v) is 20.3. The number of ether oxygens (including phenoxy) is 2. The van der Waals surface area contributed by atoms with Crippen LogP contribution in [0.3, 0.4) is 0 Å². The molecule has 0 spiro atoms. The maximum absolute atomic E-state index is 14.2. The summed E-state index contributed by atoms with van der Waals surface area (Å²) in [5.74, 6) is -1.13. The first kappa shape index (κ1) is 23.9. The van der Waals surface area contributed by atoms with E-state index in [0.717, 1.165) is 5.56 Å². The van der Waals surface area contributed by atoms with E-state index >= 15 is 0 Å². The number of hydrogen-bond acceptors (Lipinski definition) is 5. The van der Waals surface area contributed by atoms with Gasteiger partial charge in [0.25, 0.3) is 0 Å². The van der Waals surface area contributed by atoms with Gasteiger partial charge in [-0.25, -0.2) is 14.0 Å². The molecule has 0 bridgehead atoms. The summed E-state index contributed by atoms with van der Waals surface area (Å²) in [5.41, 5.74) is 1.62. The van der Waals surface area contributed by atoms with Crippen LogP contribution in [-0.4, -0.2) is 33.5 Å². The first-order chi connectivity index (χ1) is 15.0. The number of esters is 1. The number of nitrogens with zero attached hydrogens (tertiary/aromatic N) is 1. The van der Waals surface area contributed by atoms with Crippen molar-refractivity contribution in [3.8, 4) is 0 Å². The lowest BCUT2D eigenvalue weighted by Crippen LogP contribution is -2.50. The number of halogens is 1. The van der Waals surface area contributed by atoms with Crippen LogP contribution in [0, 0.1) is 5.82 Å². The van der Waals surface area contributed by atoms with Gasteiger partial charge in [0.05, 0.1) is 12.8 Å². The van der Waals surface area contributed by atoms with Gasteiger partial charge in [-0.05, 0) is 41.9 Å². The highest BCUT2D eigenvalue weighted by Crippen LogP contribution is 2.48. The minimum absolute atomic E-state index is 0.0361. The van der Waals surface area contributed by atoms with Crippen LogP contribution in [0.15, 0.2) is 48.5 Å². The third-order valence-electron chi connectivity index (χ3n) is 6.19. The number of hydrogen-bond donors (Lipinski definition) is 0. The van der Waals surface area contributed by atoms with E-state index in [9.17, 15) is 14.0 Å². The second kappa shape index (κ2) is 9.03. The molecule has 2 aromatic carbocycles. The molecular formula is C24H30FNO5Si. The van der Waals surface area contributed by atoms with Crippen molar-refractivity contribution in [2.75, 3.05) is 12.0 Å². The fourth-order valence-corrected chi connectivity index (χ4v) is 4.64. The van der Waals surface area contributed by atoms with Gasteiger partial charge in [0.1, 0.15) is 18.5 Å². The predicted molar refractivity (Wildman–Crippen MR) is 122 cm³/mol. The molecule has 0 radical (unpaired) electrons. The van der Waals surface area contributed by atoms with Gasteiger partial charge in [-0.1, -0.05) is 51.1 Å². The van der Waals surface area contributed by atoms with E-state index in [2.05, 4.69) is 20.8 Å². The fraction of sp³-hybridized carbons (Fsp3) is 0.417. The quantitative estimate of drug-likeness (QED) is 0.431. The van der Waals surface area contributed by atoms with Gasteiger partial charge in [0, 0.05) is 5.56 Å². The molecule has 0 fully saturated rings. The predicted octanol–water partition coefficient (Wildman–Crippen LogP) is 5.59. The van der Waals surface area contributed by atoms with Crippen molar-refractivity contribution in [3.05, 3.63) is 65.5 Å². The number of anilines is 1. The highest BCUT2D eigenvalue weighted by atomic mass is 28.4. The monoisotopic (exact) mass is 459 g/mol. The Kier molecular flexibility index (Phi) is 6.76. The van der Waals surface area contributed by atoms with Gasteiger partial charge in [-0.3, -0.25) is 4.90 Å². The van der Waals surface area contributed by atoms with Crippen molar-refractivity contribution in [3.63, 3.8) is 0 Å². The molecule has 2 aromatic rings. The number of carbonyl (C=O) groups excluding carboxylic acids is 2. The van der Waals surface area contributed by atoms with Crippen LogP contribution in [0.1, 0.15) is 38.0 Å². The Morgan fingerprint density at radius 3 is 2.34 bits per heavy atom. The summed E-state index contributed by atoms with van der Waals surface area (Å²) < 4.78 is 31.3. The van der Waals surface area contributed by atoms with Crippen LogP contribution in [0.2, 0.25) is 18.1 Å². The van der Waals surface area contributed by atoms with Gasteiger partial charge in [0.2, 0.25) is 0 Å². The average Bonchev–Trinajstić information content (AvgIpc) is 3.04. The van der Waals surface area contributed by atoms with E-state index in [-0.39, 0.29) is 11.6 Å². The van der Waals surface area contributed by atoms with E-state index in [1.54, 1.807) is 0 Å². The maximum atomic E-state index is 14.2. The molecule has 1 aliphatic heterocycles. The van der Waals surface area contributed by atoms with Crippen LogP contribution in [0.25, 0.3) is 0 Å². The van der Waals surface area contributed by atoms with Gasteiger partial charge in [0.15, 0.2) is 14.4 Å². The van der Waals surface area contributed by atoms with Gasteiger partial charge in [-0.15, -0.1) is 0 Å². The Bertz CT molecular complexity index is 990. The lowest BCUT2D eigenvalue weighted by molar-refractivity contribution is -0.144. The molecule has 1 heterocycles. The van der Waals surface area contributed by atoms with Crippen LogP contribution in [0.5, 0.6) is 0 Å². The fourth-order valence-electron chi connectivity index (χ4n) is 3.40. The van der Waals surface area contributed by atoms with Crippen LogP contribution < -0.4 is 4.90 Å². The zero-order valence-electron chi connectivity index (χ0n) is 19.3. The Labute approximate surface area is 189 Å². The third kappa shape index (κ3) is 4.71. The molecule has 2 atom stereocenters. The SMILES string of the molecule is COC(=O)[C@H]1[C@@H](O[Si](C)(C)C(C)(C)C)c2cc(F)ccc2N1C(=O)OCc1ccccc1. The summed E-state index contributed by atoms with van der Waals surface area (Å²) in [5, 5.41) is -0.164. The molecule has 3 rings (SSSR count). The van der Waals surface area contributed by atoms with Crippen LogP contribution >= 0.6 is 0 Å². The van der Waals surface area contributed by atoms with Crippen LogP contribution in [-0.2, 0) is 25.3 Å². The normalized spacial score (nSPS) is 18.3. The molecular weight excluding hydrogens is 429 g/mol. The minimum Gasteiger partial charge on any atom is -0.467 e. The van der Waals surface area contributed by atoms with E-state index in [1.807, 2.05) is 43.4 Å². The van der Waals surface area contributed by atoms with Crippen LogP contribution in [0.4, 0.5) is 14.9 Å². The number of amides is 1. The van der Waals surface area contributed by atoms with Crippen molar-refractivity contribution in [2.24, 2.45) is 0 Å². The van der Waals surface area contributed by atoms with Crippen molar-refractivity contribution in [1.82, 2.24) is 0 Å². The van der Waals surface area contributed by atoms with E-state index in [4.69, 9.17) is 13.9 Å². The summed E-state index contributed by atoms with van der Waals surface area (Å²) in [6, 6.07) is 12.1. The minimum atomic E-state index is -2.40. The van der Waals surface area contributed by atoms with Gasteiger partial charge >= 0.3 is 12.1 Å². The van der Waals surface area contributed by atoms with E-state index in [1.165, 1.54) is 30.2 Å². The lowest BCUT2D eigenvalue weighted by Gasteiger charge is -2.39. The first-order valence-corrected chi connectivity index (χ1v) is 13.4. The van der Waals surface area contributed by atoms with Crippen molar-refractivity contribution >= 4 is 26.1 Å². The second-order valence-electron chi connectivity index (χ2n) is 9.38. The molecule has 8 heteroatoms. The molecule has 32 heavy (non-hydrogen) atoms. The highest BCUT2D eigenvalue weighted by Gasteiger charge is 2.52. The summed E-state index contributed by atoms with van der Waals surface area (Å²) >= 11 is 0. The lowest BCUT2D eigenvalue weighted by atomic mass is 10.1. The van der Waals surface area contributed by atoms with E-state index < -0.39 is 38.3 Å². The van der Waals surface area contributed by atoms with Gasteiger partial charge in [-0.2, -0.15) is 0 Å². The molecule has 0 saturated carbocycles. The molecule has 1 amide bonds. The number of fused-ring (bicyclic) bond motifs is 1. The van der Waals surface area contributed by atoms with Gasteiger partial charge < -0.3 is 13.9 Å². The van der Waals surface area contributed by atoms with Crippen molar-refractivity contribution < 1.29 is 27.9 Å². The van der Waals surface area contributed by atoms with Crippen molar-refractivity contribution in [2.45, 2.75) is 57.7 Å². The summed E-state index contributed by atoms with van der Waals surface area (Å²) in [6.45, 7) is 10.3. The maximum Gasteiger partial charge on any atom is 0.415 e. The third-order valence-corrected chi connectivity index (χ3v) is 10.6. The Hall–Kier alpha value is -2.71. The summed E-state index contributed by atoms with van der Waals surface area (Å²) in [4.78, 5) is 27.3. The molecule has 1 aliphatic rings. The van der Waals surface area contributed by atoms with E-state index in [0.29, 0.717) is 11.3 Å². The Morgan fingerprint density at radius 1 is 1.09 bits per heavy atom. The molecule has 172 valence electrons. The molecule has 0 aliphatic carbocycles. The number of benzene rings is 2. The summed E-state index contributed by atoms with van der Waals surface area (Å²) in [7, 11) is -1.15. The smallest absolute Gasteiger partial charge is 0.415 e. The number of rotatable bonds is 5. The zero-order chi connectivity index (χ0) is 23.7. The Morgan fingerprint density at radius 2 is 1.75 bits per heavy atom. The Balaban J connectivity index is 2.00. The summed E-state index contributed by atoms with van der Waals surface area (Å²) in [6.07, 6.45) is -1.59. The average molecular weight is 460 g/mol. The molecule has 0 N–H and O–H groups in total. The number of methoxy groups -OCH3 is 1. The molecule has 0 unspecified atom stereocenters.